The Hall–Kier alpha value is -2.53. The van der Waals surface area contributed by atoms with Gasteiger partial charge in [-0.25, -0.2) is 4.79 Å². The molecule has 0 fully saturated rings. The predicted octanol–water partition coefficient (Wildman–Crippen LogP) is 3.12. The molecule has 0 saturated heterocycles. The number of nitrogens with zero attached hydrogens (tertiary/aromatic N) is 1. The van der Waals surface area contributed by atoms with Crippen LogP contribution in [0.5, 0.6) is 5.75 Å². The van der Waals surface area contributed by atoms with Gasteiger partial charge in [-0.15, -0.1) is 0 Å². The van der Waals surface area contributed by atoms with Crippen molar-refractivity contribution in [1.82, 2.24) is 10.2 Å². The molecule has 0 aliphatic rings. The average Bonchev–Trinajstić information content (AvgIpc) is 2.56. The molecule has 0 aliphatic heterocycles. The second kappa shape index (κ2) is 8.19. The summed E-state index contributed by atoms with van der Waals surface area (Å²) >= 11 is 0. The largest absolute Gasteiger partial charge is 0.497 e. The Labute approximate surface area is 137 Å². The predicted molar refractivity (Wildman–Crippen MR) is 92.9 cm³/mol. The molecule has 2 aromatic rings. The zero-order valence-electron chi connectivity index (χ0n) is 13.7. The van der Waals surface area contributed by atoms with E-state index >= 15 is 0 Å². The lowest BCUT2D eigenvalue weighted by molar-refractivity contribution is 0.243. The Morgan fingerprint density at radius 1 is 1.09 bits per heavy atom. The second-order valence-electron chi connectivity index (χ2n) is 5.45. The van der Waals surface area contributed by atoms with Crippen LogP contribution >= 0.6 is 0 Å². The first kappa shape index (κ1) is 16.8. The van der Waals surface area contributed by atoms with Crippen LogP contribution < -0.4 is 15.4 Å². The Bertz CT molecular complexity index is 612. The average molecular weight is 313 g/mol. The molecule has 5 heteroatoms. The van der Waals surface area contributed by atoms with Crippen molar-refractivity contribution in [3.8, 4) is 5.75 Å². The summed E-state index contributed by atoms with van der Waals surface area (Å²) < 4.78 is 5.18. The topological polar surface area (TPSA) is 53.6 Å². The van der Waals surface area contributed by atoms with Crippen molar-refractivity contribution in [3.05, 3.63) is 60.2 Å². The Kier molecular flexibility index (Phi) is 6.00. The maximum Gasteiger partial charge on any atom is 0.319 e. The fourth-order valence-electron chi connectivity index (χ4n) is 2.31. The van der Waals surface area contributed by atoms with Crippen molar-refractivity contribution in [2.75, 3.05) is 33.1 Å². The fraction of sp³-hybridized carbons (Fsp3) is 0.278. The summed E-state index contributed by atoms with van der Waals surface area (Å²) in [5.41, 5.74) is 1.90. The van der Waals surface area contributed by atoms with Crippen molar-refractivity contribution in [1.29, 1.82) is 0 Å². The van der Waals surface area contributed by atoms with E-state index in [-0.39, 0.29) is 12.1 Å². The molecule has 2 N–H and O–H groups in total. The molecule has 5 nitrogen and oxygen atoms in total. The van der Waals surface area contributed by atoms with Crippen molar-refractivity contribution >= 4 is 11.7 Å². The maximum absolute atomic E-state index is 12.0. The standard InChI is InChI=1S/C18H23N3O2/c1-21(2)17(14-9-11-16(23-3)12-10-14)13-19-18(22)20-15-7-5-4-6-8-15/h4-12,17H,13H2,1-3H3,(H2,19,20,22). The second-order valence-corrected chi connectivity index (χ2v) is 5.45. The normalized spacial score (nSPS) is 11.8. The molecular weight excluding hydrogens is 290 g/mol. The third-order valence-corrected chi connectivity index (χ3v) is 3.61. The highest BCUT2D eigenvalue weighted by Crippen LogP contribution is 2.20. The first-order valence-electron chi connectivity index (χ1n) is 7.50. The third-order valence-electron chi connectivity index (χ3n) is 3.61. The quantitative estimate of drug-likeness (QED) is 0.861. The summed E-state index contributed by atoms with van der Waals surface area (Å²) in [5.74, 6) is 0.820. The van der Waals surface area contributed by atoms with Crippen molar-refractivity contribution in [2.45, 2.75) is 6.04 Å². The van der Waals surface area contributed by atoms with E-state index in [1.807, 2.05) is 68.7 Å². The van der Waals surface area contributed by atoms with Crippen LogP contribution in [-0.2, 0) is 0 Å². The Morgan fingerprint density at radius 2 is 1.74 bits per heavy atom. The van der Waals surface area contributed by atoms with Crippen LogP contribution in [0.4, 0.5) is 10.5 Å². The van der Waals surface area contributed by atoms with Crippen molar-refractivity contribution in [3.63, 3.8) is 0 Å². The minimum atomic E-state index is -0.212. The van der Waals surface area contributed by atoms with Gasteiger partial charge in [0.05, 0.1) is 13.2 Å². The molecule has 2 rings (SSSR count). The number of carbonyl (C=O) groups excluding carboxylic acids is 1. The molecule has 0 spiro atoms. The summed E-state index contributed by atoms with van der Waals surface area (Å²) in [6, 6.07) is 17.1. The van der Waals surface area contributed by atoms with Gasteiger partial charge in [0.1, 0.15) is 5.75 Å². The minimum absolute atomic E-state index is 0.0856. The van der Waals surface area contributed by atoms with E-state index in [1.54, 1.807) is 7.11 Å². The molecule has 0 aliphatic carbocycles. The molecule has 0 aromatic heterocycles. The molecule has 122 valence electrons. The third kappa shape index (κ3) is 5.00. The number of para-hydroxylation sites is 1. The number of nitrogens with one attached hydrogen (secondary N) is 2. The highest BCUT2D eigenvalue weighted by molar-refractivity contribution is 5.89. The molecule has 1 atom stereocenters. The Balaban J connectivity index is 1.95. The van der Waals surface area contributed by atoms with E-state index in [2.05, 4.69) is 15.5 Å². The van der Waals surface area contributed by atoms with Gasteiger partial charge in [-0.2, -0.15) is 0 Å². The van der Waals surface area contributed by atoms with Crippen LogP contribution in [0.1, 0.15) is 11.6 Å². The van der Waals surface area contributed by atoms with Gasteiger partial charge in [0, 0.05) is 12.2 Å². The summed E-state index contributed by atoms with van der Waals surface area (Å²) in [4.78, 5) is 14.1. The molecule has 0 heterocycles. The summed E-state index contributed by atoms with van der Waals surface area (Å²) in [6.07, 6.45) is 0. The number of hydrogen-bond donors (Lipinski definition) is 2. The van der Waals surface area contributed by atoms with Crippen LogP contribution in [0.3, 0.4) is 0 Å². The number of amides is 2. The number of hydrogen-bond acceptors (Lipinski definition) is 3. The number of methoxy groups -OCH3 is 1. The number of carbonyl (C=O) groups is 1. The lowest BCUT2D eigenvalue weighted by Gasteiger charge is -2.25. The first-order valence-corrected chi connectivity index (χ1v) is 7.50. The highest BCUT2D eigenvalue weighted by Gasteiger charge is 2.15. The van der Waals surface area contributed by atoms with Crippen molar-refractivity contribution < 1.29 is 9.53 Å². The number of ether oxygens (including phenoxy) is 1. The van der Waals surface area contributed by atoms with Gasteiger partial charge >= 0.3 is 6.03 Å². The number of urea groups is 1. The van der Waals surface area contributed by atoms with E-state index in [0.29, 0.717) is 6.54 Å². The van der Waals surface area contributed by atoms with Crippen LogP contribution in [0, 0.1) is 0 Å². The number of likely N-dealkylation sites (N-methyl/N-ethyl adjacent to an activating group) is 1. The zero-order chi connectivity index (χ0) is 16.7. The summed E-state index contributed by atoms with van der Waals surface area (Å²) in [6.45, 7) is 0.512. The molecule has 0 saturated carbocycles. The van der Waals surface area contributed by atoms with Gasteiger partial charge in [0.2, 0.25) is 0 Å². The maximum atomic E-state index is 12.0. The van der Waals surface area contributed by atoms with E-state index in [4.69, 9.17) is 4.74 Å². The van der Waals surface area contributed by atoms with Gasteiger partial charge < -0.3 is 20.3 Å². The smallest absolute Gasteiger partial charge is 0.319 e. The molecule has 2 aromatic carbocycles. The van der Waals surface area contributed by atoms with Gasteiger partial charge in [0.15, 0.2) is 0 Å². The van der Waals surface area contributed by atoms with E-state index in [9.17, 15) is 4.79 Å². The SMILES string of the molecule is COc1ccc(C(CNC(=O)Nc2ccccc2)N(C)C)cc1. The van der Waals surface area contributed by atoms with Gasteiger partial charge in [-0.05, 0) is 43.9 Å². The van der Waals surface area contributed by atoms with Crippen molar-refractivity contribution in [2.24, 2.45) is 0 Å². The van der Waals surface area contributed by atoms with Crippen LogP contribution in [0.25, 0.3) is 0 Å². The first-order chi connectivity index (χ1) is 11.1. The fourth-order valence-corrected chi connectivity index (χ4v) is 2.31. The number of anilines is 1. The van der Waals surface area contributed by atoms with E-state index < -0.39 is 0 Å². The highest BCUT2D eigenvalue weighted by atomic mass is 16.5. The molecule has 0 radical (unpaired) electrons. The molecule has 23 heavy (non-hydrogen) atoms. The van der Waals surface area contributed by atoms with Gasteiger partial charge in [-0.1, -0.05) is 30.3 Å². The van der Waals surface area contributed by atoms with Gasteiger partial charge in [0.25, 0.3) is 0 Å². The minimum Gasteiger partial charge on any atom is -0.497 e. The zero-order valence-corrected chi connectivity index (χ0v) is 13.7. The van der Waals surface area contributed by atoms with Gasteiger partial charge in [-0.3, -0.25) is 0 Å². The summed E-state index contributed by atoms with van der Waals surface area (Å²) in [7, 11) is 5.63. The summed E-state index contributed by atoms with van der Waals surface area (Å²) in [5, 5.41) is 5.73. The molecule has 1 unspecified atom stereocenters. The monoisotopic (exact) mass is 313 g/mol. The lowest BCUT2D eigenvalue weighted by atomic mass is 10.1. The van der Waals surface area contributed by atoms with E-state index in [0.717, 1.165) is 17.0 Å². The van der Waals surface area contributed by atoms with Crippen LogP contribution in [0.15, 0.2) is 54.6 Å². The van der Waals surface area contributed by atoms with Crippen LogP contribution in [0.2, 0.25) is 0 Å². The van der Waals surface area contributed by atoms with Crippen LogP contribution in [-0.4, -0.2) is 38.7 Å². The lowest BCUT2D eigenvalue weighted by Crippen LogP contribution is -2.36. The Morgan fingerprint density at radius 3 is 2.30 bits per heavy atom. The number of benzene rings is 2. The molecule has 2 amide bonds. The number of rotatable bonds is 6. The molecular formula is C18H23N3O2. The molecule has 0 bridgehead atoms. The van der Waals surface area contributed by atoms with E-state index in [1.165, 1.54) is 0 Å².